The van der Waals surface area contributed by atoms with Crippen molar-refractivity contribution in [1.82, 2.24) is 0 Å². The summed E-state index contributed by atoms with van der Waals surface area (Å²) in [5.74, 6) is -3.60. The fourth-order valence-corrected chi connectivity index (χ4v) is 5.65. The van der Waals surface area contributed by atoms with Crippen LogP contribution in [0, 0.1) is 11.8 Å². The highest BCUT2D eigenvalue weighted by Gasteiger charge is 2.48. The SMILES string of the molecule is C=CCCCC(=O)O[C@H]1C[C@@H](O[Si](C)(C)C(C)(C)C)[C@H](/C=C/C(F)(F)COc2ccccc2)[C@H]1CC=C. The zero-order chi connectivity index (χ0) is 27.7. The summed E-state index contributed by atoms with van der Waals surface area (Å²) in [5, 5.41) is -0.0535. The molecule has 0 bridgehead atoms. The summed E-state index contributed by atoms with van der Waals surface area (Å²) in [6.45, 7) is 17.5. The van der Waals surface area contributed by atoms with E-state index in [4.69, 9.17) is 13.9 Å². The van der Waals surface area contributed by atoms with Crippen molar-refractivity contribution in [3.63, 3.8) is 0 Å². The van der Waals surface area contributed by atoms with Crippen molar-refractivity contribution in [2.24, 2.45) is 11.8 Å². The Morgan fingerprint density at radius 3 is 2.38 bits per heavy atom. The van der Waals surface area contributed by atoms with Crippen molar-refractivity contribution < 1.29 is 27.5 Å². The van der Waals surface area contributed by atoms with Crippen LogP contribution in [-0.4, -0.2) is 39.0 Å². The van der Waals surface area contributed by atoms with E-state index in [0.29, 0.717) is 31.4 Å². The molecule has 4 atom stereocenters. The maximum atomic E-state index is 14.9. The van der Waals surface area contributed by atoms with Crippen LogP contribution in [0.25, 0.3) is 0 Å². The Morgan fingerprint density at radius 1 is 1.11 bits per heavy atom. The van der Waals surface area contributed by atoms with E-state index in [1.54, 1.807) is 48.6 Å². The van der Waals surface area contributed by atoms with Crippen LogP contribution in [0.2, 0.25) is 18.1 Å². The first-order chi connectivity index (χ1) is 17.3. The molecule has 0 radical (unpaired) electrons. The molecule has 1 fully saturated rings. The molecule has 0 saturated heterocycles. The number of hydrogen-bond acceptors (Lipinski definition) is 4. The molecule has 0 aromatic heterocycles. The minimum Gasteiger partial charge on any atom is -0.487 e. The van der Waals surface area contributed by atoms with E-state index in [1.165, 1.54) is 0 Å². The van der Waals surface area contributed by atoms with E-state index in [2.05, 4.69) is 47.0 Å². The Hall–Kier alpha value is -2.25. The van der Waals surface area contributed by atoms with Gasteiger partial charge in [-0.2, -0.15) is 8.78 Å². The fourth-order valence-electron chi connectivity index (χ4n) is 4.28. The minimum absolute atomic E-state index is 0.0535. The quantitative estimate of drug-likeness (QED) is 0.105. The van der Waals surface area contributed by atoms with Gasteiger partial charge in [-0.05, 0) is 55.6 Å². The smallest absolute Gasteiger partial charge is 0.306 e. The molecule has 37 heavy (non-hydrogen) atoms. The second kappa shape index (κ2) is 13.5. The van der Waals surface area contributed by atoms with Crippen molar-refractivity contribution in [3.05, 3.63) is 67.8 Å². The molecule has 0 amide bonds. The Labute approximate surface area is 222 Å². The third-order valence-electron chi connectivity index (χ3n) is 7.37. The number of para-hydroxylation sites is 1. The second-order valence-corrected chi connectivity index (χ2v) is 16.1. The molecule has 1 aliphatic rings. The summed E-state index contributed by atoms with van der Waals surface area (Å²) in [6, 6.07) is 8.57. The molecule has 206 valence electrons. The number of carbonyl (C=O) groups excluding carboxylic acids is 1. The number of benzene rings is 1. The summed E-state index contributed by atoms with van der Waals surface area (Å²) in [4.78, 5) is 12.5. The Kier molecular flexibility index (Phi) is 11.3. The van der Waals surface area contributed by atoms with Gasteiger partial charge in [-0.15, -0.1) is 13.2 Å². The second-order valence-electron chi connectivity index (χ2n) is 11.3. The van der Waals surface area contributed by atoms with E-state index in [9.17, 15) is 13.6 Å². The molecule has 1 aliphatic carbocycles. The maximum absolute atomic E-state index is 14.9. The Bertz CT molecular complexity index is 908. The average Bonchev–Trinajstić information content (AvgIpc) is 3.11. The van der Waals surface area contributed by atoms with Crippen molar-refractivity contribution in [2.45, 2.75) is 89.1 Å². The fraction of sp³-hybridized carbons (Fsp3) is 0.567. The van der Waals surface area contributed by atoms with Crippen molar-refractivity contribution in [1.29, 1.82) is 0 Å². The van der Waals surface area contributed by atoms with Crippen molar-refractivity contribution in [2.75, 3.05) is 6.61 Å². The molecular weight excluding hydrogens is 490 g/mol. The lowest BCUT2D eigenvalue weighted by molar-refractivity contribution is -0.151. The number of rotatable bonds is 14. The predicted octanol–water partition coefficient (Wildman–Crippen LogP) is 8.13. The van der Waals surface area contributed by atoms with E-state index < -0.39 is 27.0 Å². The summed E-state index contributed by atoms with van der Waals surface area (Å²) in [6.07, 6.45) is 7.95. The number of carbonyl (C=O) groups is 1. The molecule has 0 spiro atoms. The van der Waals surface area contributed by atoms with Gasteiger partial charge in [0.15, 0.2) is 14.9 Å². The van der Waals surface area contributed by atoms with Gasteiger partial charge in [0, 0.05) is 24.7 Å². The monoisotopic (exact) mass is 534 g/mol. The highest BCUT2D eigenvalue weighted by atomic mass is 28.4. The van der Waals surface area contributed by atoms with Gasteiger partial charge < -0.3 is 13.9 Å². The van der Waals surface area contributed by atoms with Crippen LogP contribution in [0.5, 0.6) is 5.75 Å². The van der Waals surface area contributed by atoms with Crippen LogP contribution in [0.15, 0.2) is 67.8 Å². The van der Waals surface area contributed by atoms with Crippen LogP contribution in [-0.2, 0) is 14.0 Å². The van der Waals surface area contributed by atoms with E-state index in [-0.39, 0.29) is 28.9 Å². The lowest BCUT2D eigenvalue weighted by Crippen LogP contribution is -2.45. The molecule has 0 N–H and O–H groups in total. The zero-order valence-corrected chi connectivity index (χ0v) is 24.1. The summed E-state index contributed by atoms with van der Waals surface area (Å²) >= 11 is 0. The third-order valence-corrected chi connectivity index (χ3v) is 11.9. The molecule has 2 rings (SSSR count). The van der Waals surface area contributed by atoms with Crippen LogP contribution in [0.1, 0.15) is 52.9 Å². The van der Waals surface area contributed by atoms with Crippen LogP contribution in [0.4, 0.5) is 8.78 Å². The zero-order valence-electron chi connectivity index (χ0n) is 23.1. The molecule has 7 heteroatoms. The van der Waals surface area contributed by atoms with Gasteiger partial charge in [0.1, 0.15) is 11.9 Å². The third kappa shape index (κ3) is 9.53. The molecule has 1 saturated carbocycles. The normalized spacial score (nSPS) is 22.7. The van der Waals surface area contributed by atoms with Gasteiger partial charge in [0.05, 0.1) is 6.10 Å². The molecule has 1 aromatic carbocycles. The molecule has 4 nitrogen and oxygen atoms in total. The van der Waals surface area contributed by atoms with Gasteiger partial charge in [-0.3, -0.25) is 4.79 Å². The van der Waals surface area contributed by atoms with Gasteiger partial charge >= 0.3 is 5.97 Å². The van der Waals surface area contributed by atoms with Gasteiger partial charge in [0.25, 0.3) is 5.92 Å². The first-order valence-corrected chi connectivity index (χ1v) is 16.0. The van der Waals surface area contributed by atoms with E-state index >= 15 is 0 Å². The summed E-state index contributed by atoms with van der Waals surface area (Å²) in [7, 11) is -2.22. The van der Waals surface area contributed by atoms with Crippen LogP contribution < -0.4 is 4.74 Å². The number of halogens is 2. The number of allylic oxidation sites excluding steroid dienone is 2. The number of esters is 1. The van der Waals surface area contributed by atoms with Crippen LogP contribution >= 0.6 is 0 Å². The lowest BCUT2D eigenvalue weighted by Gasteiger charge is -2.39. The average molecular weight is 535 g/mol. The number of hydrogen-bond donors (Lipinski definition) is 0. The van der Waals surface area contributed by atoms with Crippen molar-refractivity contribution in [3.8, 4) is 5.75 Å². The number of ether oxygens (including phenoxy) is 2. The lowest BCUT2D eigenvalue weighted by atomic mass is 9.90. The Balaban J connectivity index is 2.26. The van der Waals surface area contributed by atoms with E-state index in [0.717, 1.165) is 12.5 Å². The van der Waals surface area contributed by atoms with Gasteiger partial charge in [-0.1, -0.05) is 57.2 Å². The van der Waals surface area contributed by atoms with Crippen LogP contribution in [0.3, 0.4) is 0 Å². The minimum atomic E-state index is -3.17. The first kappa shape index (κ1) is 31.0. The summed E-state index contributed by atoms with van der Waals surface area (Å²) in [5.41, 5.74) is 0. The molecule has 0 heterocycles. The molecule has 0 unspecified atom stereocenters. The predicted molar refractivity (Wildman–Crippen MR) is 148 cm³/mol. The molecule has 0 aliphatic heterocycles. The van der Waals surface area contributed by atoms with Gasteiger partial charge in [0.2, 0.25) is 0 Å². The summed E-state index contributed by atoms with van der Waals surface area (Å²) < 4.78 is 47.6. The maximum Gasteiger partial charge on any atom is 0.306 e. The van der Waals surface area contributed by atoms with Crippen molar-refractivity contribution >= 4 is 14.3 Å². The molecule has 1 aromatic rings. The topological polar surface area (TPSA) is 44.8 Å². The standard InChI is InChI=1S/C30H44F2O4Si/c1-8-10-12-18-28(33)35-26-21-27(36-37(6,7)29(3,4)5)25(24(26)15-9-2)19-20-30(31,32)22-34-23-16-13-11-14-17-23/h8-9,11,13-14,16-17,19-20,24-27H,1-2,10,12,15,18,21-22H2,3-7H3/b20-19+/t24-,25-,26+,27-/m1/s1. The molecular formula is C30H44F2O4Si. The van der Waals surface area contributed by atoms with Gasteiger partial charge in [-0.25, -0.2) is 0 Å². The number of alkyl halides is 2. The first-order valence-electron chi connectivity index (χ1n) is 13.1. The van der Waals surface area contributed by atoms with E-state index in [1.807, 2.05) is 0 Å². The number of unbranched alkanes of at least 4 members (excludes halogenated alkanes) is 1. The Morgan fingerprint density at radius 2 is 1.78 bits per heavy atom. The largest absolute Gasteiger partial charge is 0.487 e. The highest BCUT2D eigenvalue weighted by Crippen LogP contribution is 2.45. The highest BCUT2D eigenvalue weighted by molar-refractivity contribution is 6.74.